The Labute approximate surface area is 75.7 Å². The third kappa shape index (κ3) is 4.07. The Morgan fingerprint density at radius 2 is 2.08 bits per heavy atom. The number of hydrogen-bond donors (Lipinski definition) is 1. The molecule has 0 aromatic carbocycles. The maximum Gasteiger partial charge on any atom is 0.0594 e. The lowest BCUT2D eigenvalue weighted by molar-refractivity contribution is 0.0803. The standard InChI is InChI=1S/C10H21NO/c1-9(2)12-7-6-11-8-10(3)4-5-10/h9,11H,4-8H2,1-3H3. The van der Waals surface area contributed by atoms with Crippen molar-refractivity contribution in [3.63, 3.8) is 0 Å². The molecule has 0 aromatic rings. The van der Waals surface area contributed by atoms with Crippen molar-refractivity contribution in [3.05, 3.63) is 0 Å². The van der Waals surface area contributed by atoms with Gasteiger partial charge in [0.25, 0.3) is 0 Å². The first-order chi connectivity index (χ1) is 5.62. The third-order valence-electron chi connectivity index (χ3n) is 2.39. The fourth-order valence-corrected chi connectivity index (χ4v) is 1.15. The molecule has 1 N–H and O–H groups in total. The van der Waals surface area contributed by atoms with Gasteiger partial charge in [0.05, 0.1) is 12.7 Å². The molecule has 0 unspecified atom stereocenters. The van der Waals surface area contributed by atoms with Crippen molar-refractivity contribution in [1.82, 2.24) is 5.32 Å². The van der Waals surface area contributed by atoms with Crippen molar-refractivity contribution in [2.45, 2.75) is 39.7 Å². The summed E-state index contributed by atoms with van der Waals surface area (Å²) in [7, 11) is 0. The van der Waals surface area contributed by atoms with Crippen LogP contribution in [0.5, 0.6) is 0 Å². The predicted octanol–water partition coefficient (Wildman–Crippen LogP) is 1.80. The smallest absolute Gasteiger partial charge is 0.0594 e. The van der Waals surface area contributed by atoms with E-state index in [0.29, 0.717) is 11.5 Å². The van der Waals surface area contributed by atoms with Crippen LogP contribution in [0.4, 0.5) is 0 Å². The Morgan fingerprint density at radius 3 is 2.58 bits per heavy atom. The minimum absolute atomic E-state index is 0.364. The fraction of sp³-hybridized carbons (Fsp3) is 1.00. The molecule has 2 heteroatoms. The molecule has 0 atom stereocenters. The zero-order valence-corrected chi connectivity index (χ0v) is 8.52. The van der Waals surface area contributed by atoms with Crippen LogP contribution in [0.1, 0.15) is 33.6 Å². The predicted molar refractivity (Wildman–Crippen MR) is 51.3 cm³/mol. The number of rotatable bonds is 6. The molecule has 0 bridgehead atoms. The molecule has 1 saturated carbocycles. The Kier molecular flexibility index (Phi) is 3.53. The van der Waals surface area contributed by atoms with Crippen LogP contribution in [0.2, 0.25) is 0 Å². The summed E-state index contributed by atoms with van der Waals surface area (Å²) in [6.07, 6.45) is 3.15. The highest BCUT2D eigenvalue weighted by atomic mass is 16.5. The first kappa shape index (κ1) is 10.0. The van der Waals surface area contributed by atoms with Crippen LogP contribution in [-0.4, -0.2) is 25.8 Å². The van der Waals surface area contributed by atoms with Crippen LogP contribution in [0.15, 0.2) is 0 Å². The lowest BCUT2D eigenvalue weighted by Crippen LogP contribution is -2.26. The maximum absolute atomic E-state index is 5.41. The largest absolute Gasteiger partial charge is 0.377 e. The molecule has 0 radical (unpaired) electrons. The summed E-state index contributed by atoms with van der Waals surface area (Å²) in [6.45, 7) is 9.48. The van der Waals surface area contributed by atoms with Crippen LogP contribution >= 0.6 is 0 Å². The summed E-state index contributed by atoms with van der Waals surface area (Å²) in [5, 5.41) is 3.42. The van der Waals surface area contributed by atoms with Crippen LogP contribution in [0.3, 0.4) is 0 Å². The van der Waals surface area contributed by atoms with Crippen molar-refractivity contribution in [2.75, 3.05) is 19.7 Å². The second-order valence-electron chi connectivity index (χ2n) is 4.41. The maximum atomic E-state index is 5.41. The molecule has 0 spiro atoms. The van der Waals surface area contributed by atoms with Crippen molar-refractivity contribution < 1.29 is 4.74 Å². The van der Waals surface area contributed by atoms with Gasteiger partial charge in [-0.15, -0.1) is 0 Å². The summed E-state index contributed by atoms with van der Waals surface area (Å²) in [4.78, 5) is 0. The Morgan fingerprint density at radius 1 is 1.42 bits per heavy atom. The molecule has 1 aliphatic carbocycles. The van der Waals surface area contributed by atoms with E-state index >= 15 is 0 Å². The average Bonchev–Trinajstić information content (AvgIpc) is 2.67. The molecule has 1 fully saturated rings. The first-order valence-corrected chi connectivity index (χ1v) is 4.95. The van der Waals surface area contributed by atoms with Gasteiger partial charge in [-0.2, -0.15) is 0 Å². The van der Waals surface area contributed by atoms with Gasteiger partial charge >= 0.3 is 0 Å². The average molecular weight is 171 g/mol. The molecule has 0 aromatic heterocycles. The molecule has 12 heavy (non-hydrogen) atoms. The molecule has 2 nitrogen and oxygen atoms in total. The highest BCUT2D eigenvalue weighted by molar-refractivity contribution is 4.90. The van der Waals surface area contributed by atoms with Crippen LogP contribution in [0, 0.1) is 5.41 Å². The van der Waals surface area contributed by atoms with Crippen molar-refractivity contribution in [2.24, 2.45) is 5.41 Å². The second-order valence-corrected chi connectivity index (χ2v) is 4.41. The van der Waals surface area contributed by atoms with Gasteiger partial charge in [0.1, 0.15) is 0 Å². The van der Waals surface area contributed by atoms with E-state index in [1.165, 1.54) is 12.8 Å². The van der Waals surface area contributed by atoms with Gasteiger partial charge in [0.2, 0.25) is 0 Å². The van der Waals surface area contributed by atoms with Crippen LogP contribution < -0.4 is 5.32 Å². The Bertz CT molecular complexity index is 130. The van der Waals surface area contributed by atoms with E-state index in [2.05, 4.69) is 26.1 Å². The van der Waals surface area contributed by atoms with Gasteiger partial charge in [0, 0.05) is 13.1 Å². The summed E-state index contributed by atoms with van der Waals surface area (Å²) >= 11 is 0. The van der Waals surface area contributed by atoms with E-state index in [1.807, 2.05) is 0 Å². The molecular weight excluding hydrogens is 150 g/mol. The monoisotopic (exact) mass is 171 g/mol. The van der Waals surface area contributed by atoms with Gasteiger partial charge < -0.3 is 10.1 Å². The summed E-state index contributed by atoms with van der Waals surface area (Å²) in [6, 6.07) is 0. The molecule has 0 heterocycles. The van der Waals surface area contributed by atoms with Crippen LogP contribution in [0.25, 0.3) is 0 Å². The number of nitrogens with one attached hydrogen (secondary N) is 1. The summed E-state index contributed by atoms with van der Waals surface area (Å²) in [5.74, 6) is 0. The minimum Gasteiger partial charge on any atom is -0.377 e. The first-order valence-electron chi connectivity index (χ1n) is 4.95. The lowest BCUT2D eigenvalue weighted by Gasteiger charge is -2.11. The molecule has 0 saturated heterocycles. The fourth-order valence-electron chi connectivity index (χ4n) is 1.15. The molecule has 1 rings (SSSR count). The van der Waals surface area contributed by atoms with E-state index in [9.17, 15) is 0 Å². The van der Waals surface area contributed by atoms with E-state index < -0.39 is 0 Å². The van der Waals surface area contributed by atoms with E-state index in [-0.39, 0.29) is 0 Å². The summed E-state index contributed by atoms with van der Waals surface area (Å²) < 4.78 is 5.41. The summed E-state index contributed by atoms with van der Waals surface area (Å²) in [5.41, 5.74) is 0.623. The van der Waals surface area contributed by atoms with Crippen molar-refractivity contribution in [3.8, 4) is 0 Å². The zero-order valence-electron chi connectivity index (χ0n) is 8.52. The van der Waals surface area contributed by atoms with Crippen LogP contribution in [-0.2, 0) is 4.74 Å². The molecule has 0 aliphatic heterocycles. The molecule has 0 amide bonds. The molecular formula is C10H21NO. The van der Waals surface area contributed by atoms with Crippen molar-refractivity contribution >= 4 is 0 Å². The number of hydrogen-bond acceptors (Lipinski definition) is 2. The zero-order chi connectivity index (χ0) is 9.03. The van der Waals surface area contributed by atoms with E-state index in [0.717, 1.165) is 19.7 Å². The minimum atomic E-state index is 0.364. The quantitative estimate of drug-likeness (QED) is 0.615. The van der Waals surface area contributed by atoms with Gasteiger partial charge in [-0.1, -0.05) is 6.92 Å². The van der Waals surface area contributed by atoms with E-state index in [1.54, 1.807) is 0 Å². The van der Waals surface area contributed by atoms with Gasteiger partial charge in [-0.3, -0.25) is 0 Å². The Balaban J connectivity index is 1.83. The molecule has 1 aliphatic rings. The number of ether oxygens (including phenoxy) is 1. The van der Waals surface area contributed by atoms with Gasteiger partial charge in [-0.05, 0) is 32.1 Å². The van der Waals surface area contributed by atoms with Crippen molar-refractivity contribution in [1.29, 1.82) is 0 Å². The van der Waals surface area contributed by atoms with Gasteiger partial charge in [0.15, 0.2) is 0 Å². The Hall–Kier alpha value is -0.0800. The highest BCUT2D eigenvalue weighted by Crippen LogP contribution is 2.43. The van der Waals surface area contributed by atoms with E-state index in [4.69, 9.17) is 4.74 Å². The molecule has 72 valence electrons. The van der Waals surface area contributed by atoms with Gasteiger partial charge in [-0.25, -0.2) is 0 Å². The lowest BCUT2D eigenvalue weighted by atomic mass is 10.1. The highest BCUT2D eigenvalue weighted by Gasteiger charge is 2.36. The second kappa shape index (κ2) is 4.24. The topological polar surface area (TPSA) is 21.3 Å². The normalized spacial score (nSPS) is 20.0. The third-order valence-corrected chi connectivity index (χ3v) is 2.39. The SMILES string of the molecule is CC(C)OCCNCC1(C)CC1.